The van der Waals surface area contributed by atoms with Gasteiger partial charge in [0.15, 0.2) is 0 Å². The Labute approximate surface area is 115 Å². The standard InChI is InChI=1S/C12H15ClN2O4/c13-9-2-1-8(11(17)18)10(14-9)15-12(7-16)3-5-19-6-4-12/h1-2,16H,3-7H2,(H,14,15)(H,17,18). The van der Waals surface area contributed by atoms with Crippen molar-refractivity contribution in [1.29, 1.82) is 0 Å². The highest BCUT2D eigenvalue weighted by Crippen LogP contribution is 2.27. The minimum absolute atomic E-state index is 0.0312. The van der Waals surface area contributed by atoms with E-state index in [1.807, 2.05) is 0 Å². The Balaban J connectivity index is 2.30. The van der Waals surface area contributed by atoms with Crippen LogP contribution in [0.2, 0.25) is 5.15 Å². The molecule has 104 valence electrons. The van der Waals surface area contributed by atoms with Gasteiger partial charge < -0.3 is 20.3 Å². The molecule has 0 atom stereocenters. The van der Waals surface area contributed by atoms with Crippen LogP contribution in [0.1, 0.15) is 23.2 Å². The van der Waals surface area contributed by atoms with Gasteiger partial charge in [-0.3, -0.25) is 0 Å². The summed E-state index contributed by atoms with van der Waals surface area (Å²) in [6.45, 7) is 0.899. The third kappa shape index (κ3) is 3.15. The first kappa shape index (κ1) is 14.0. The van der Waals surface area contributed by atoms with Crippen molar-refractivity contribution in [3.8, 4) is 0 Å². The molecule has 1 aromatic heterocycles. The van der Waals surface area contributed by atoms with E-state index in [0.717, 1.165) is 0 Å². The Kier molecular flexibility index (Phi) is 4.24. The first-order valence-electron chi connectivity index (χ1n) is 5.93. The zero-order valence-corrected chi connectivity index (χ0v) is 11.0. The summed E-state index contributed by atoms with van der Waals surface area (Å²) in [5.74, 6) is -0.914. The number of halogens is 1. The summed E-state index contributed by atoms with van der Waals surface area (Å²) in [5, 5.41) is 21.9. The molecule has 0 spiro atoms. The third-order valence-electron chi connectivity index (χ3n) is 3.23. The quantitative estimate of drug-likeness (QED) is 0.725. The molecule has 0 unspecified atom stereocenters. The summed E-state index contributed by atoms with van der Waals surface area (Å²) in [6.07, 6.45) is 1.16. The number of pyridine rings is 1. The lowest BCUT2D eigenvalue weighted by molar-refractivity contribution is 0.0378. The highest BCUT2D eigenvalue weighted by atomic mass is 35.5. The molecule has 0 saturated carbocycles. The van der Waals surface area contributed by atoms with Crippen molar-refractivity contribution < 1.29 is 19.7 Å². The molecule has 6 nitrogen and oxygen atoms in total. The number of anilines is 1. The number of hydrogen-bond donors (Lipinski definition) is 3. The molecule has 0 aromatic carbocycles. The number of carboxylic acids is 1. The summed E-state index contributed by atoms with van der Waals surface area (Å²) in [5.41, 5.74) is -0.580. The lowest BCUT2D eigenvalue weighted by Gasteiger charge is -2.37. The highest BCUT2D eigenvalue weighted by molar-refractivity contribution is 6.29. The van der Waals surface area contributed by atoms with E-state index in [1.54, 1.807) is 0 Å². The van der Waals surface area contributed by atoms with Gasteiger partial charge in [0.2, 0.25) is 0 Å². The zero-order valence-electron chi connectivity index (χ0n) is 10.2. The number of nitrogens with zero attached hydrogens (tertiary/aromatic N) is 1. The fraction of sp³-hybridized carbons (Fsp3) is 0.500. The van der Waals surface area contributed by atoms with Gasteiger partial charge in [-0.2, -0.15) is 0 Å². The minimum Gasteiger partial charge on any atom is -0.478 e. The summed E-state index contributed by atoms with van der Waals surface area (Å²) in [7, 11) is 0. The Hall–Kier alpha value is -1.37. The highest BCUT2D eigenvalue weighted by Gasteiger charge is 2.33. The smallest absolute Gasteiger partial charge is 0.339 e. The largest absolute Gasteiger partial charge is 0.478 e. The maximum Gasteiger partial charge on any atom is 0.339 e. The molecular formula is C12H15ClN2O4. The molecule has 1 aliphatic heterocycles. The molecule has 1 saturated heterocycles. The molecule has 7 heteroatoms. The Morgan fingerprint density at radius 3 is 2.74 bits per heavy atom. The van der Waals surface area contributed by atoms with Gasteiger partial charge in [0.05, 0.1) is 12.1 Å². The third-order valence-corrected chi connectivity index (χ3v) is 3.44. The summed E-state index contributed by atoms with van der Waals surface area (Å²) in [4.78, 5) is 15.2. The van der Waals surface area contributed by atoms with Crippen LogP contribution in [0.4, 0.5) is 5.82 Å². The minimum atomic E-state index is -1.09. The predicted octanol–water partition coefficient (Wildman–Crippen LogP) is 1.39. The normalized spacial score (nSPS) is 18.0. The monoisotopic (exact) mass is 286 g/mol. The fourth-order valence-electron chi connectivity index (χ4n) is 2.04. The number of aromatic carboxylic acids is 1. The van der Waals surface area contributed by atoms with Crippen LogP contribution in [-0.4, -0.2) is 46.5 Å². The second-order valence-electron chi connectivity index (χ2n) is 4.51. The van der Waals surface area contributed by atoms with Gasteiger partial charge in [-0.1, -0.05) is 11.6 Å². The summed E-state index contributed by atoms with van der Waals surface area (Å²) < 4.78 is 5.25. The van der Waals surface area contributed by atoms with Crippen molar-refractivity contribution in [2.75, 3.05) is 25.1 Å². The fourth-order valence-corrected chi connectivity index (χ4v) is 2.19. The van der Waals surface area contributed by atoms with E-state index in [0.29, 0.717) is 26.1 Å². The Morgan fingerprint density at radius 1 is 1.47 bits per heavy atom. The molecule has 0 radical (unpaired) electrons. The van der Waals surface area contributed by atoms with Gasteiger partial charge in [-0.15, -0.1) is 0 Å². The molecule has 1 aliphatic rings. The Bertz CT molecular complexity index is 475. The predicted molar refractivity (Wildman–Crippen MR) is 69.7 cm³/mol. The maximum absolute atomic E-state index is 11.2. The second-order valence-corrected chi connectivity index (χ2v) is 4.90. The summed E-state index contributed by atoms with van der Waals surface area (Å²) in [6, 6.07) is 2.82. The number of carbonyl (C=O) groups is 1. The number of aliphatic hydroxyl groups is 1. The first-order chi connectivity index (χ1) is 9.06. The van der Waals surface area contributed by atoms with Crippen LogP contribution >= 0.6 is 11.6 Å². The molecule has 2 rings (SSSR count). The van der Waals surface area contributed by atoms with Gasteiger partial charge in [0, 0.05) is 13.2 Å². The van der Waals surface area contributed by atoms with Crippen LogP contribution in [0.3, 0.4) is 0 Å². The van der Waals surface area contributed by atoms with Crippen LogP contribution < -0.4 is 5.32 Å². The van der Waals surface area contributed by atoms with Gasteiger partial charge in [0.25, 0.3) is 0 Å². The van der Waals surface area contributed by atoms with Crippen LogP contribution in [0.25, 0.3) is 0 Å². The molecule has 1 aromatic rings. The molecule has 0 aliphatic carbocycles. The van der Waals surface area contributed by atoms with E-state index in [1.165, 1.54) is 12.1 Å². The van der Waals surface area contributed by atoms with Crippen LogP contribution in [-0.2, 0) is 4.74 Å². The average Bonchev–Trinajstić information content (AvgIpc) is 2.39. The Morgan fingerprint density at radius 2 is 2.16 bits per heavy atom. The lowest BCUT2D eigenvalue weighted by atomic mass is 9.91. The van der Waals surface area contributed by atoms with E-state index in [2.05, 4.69) is 10.3 Å². The molecular weight excluding hydrogens is 272 g/mol. The number of rotatable bonds is 4. The SMILES string of the molecule is O=C(O)c1ccc(Cl)nc1NC1(CO)CCOCC1. The van der Waals surface area contributed by atoms with Crippen molar-refractivity contribution in [1.82, 2.24) is 4.98 Å². The zero-order chi connectivity index (χ0) is 13.9. The van der Waals surface area contributed by atoms with Crippen molar-refractivity contribution in [3.05, 3.63) is 22.8 Å². The van der Waals surface area contributed by atoms with Crippen molar-refractivity contribution in [2.24, 2.45) is 0 Å². The van der Waals surface area contributed by atoms with Crippen LogP contribution in [0, 0.1) is 0 Å². The van der Waals surface area contributed by atoms with E-state index < -0.39 is 11.5 Å². The first-order valence-corrected chi connectivity index (χ1v) is 6.31. The molecule has 3 N–H and O–H groups in total. The number of nitrogens with one attached hydrogen (secondary N) is 1. The molecule has 19 heavy (non-hydrogen) atoms. The van der Waals surface area contributed by atoms with Gasteiger partial charge in [-0.05, 0) is 25.0 Å². The van der Waals surface area contributed by atoms with Gasteiger partial charge in [-0.25, -0.2) is 9.78 Å². The van der Waals surface area contributed by atoms with Gasteiger partial charge >= 0.3 is 5.97 Å². The molecule has 0 amide bonds. The van der Waals surface area contributed by atoms with Crippen molar-refractivity contribution >= 4 is 23.4 Å². The van der Waals surface area contributed by atoms with Gasteiger partial charge in [0.1, 0.15) is 16.5 Å². The van der Waals surface area contributed by atoms with Crippen LogP contribution in [0.15, 0.2) is 12.1 Å². The molecule has 1 fully saturated rings. The van der Waals surface area contributed by atoms with Crippen LogP contribution in [0.5, 0.6) is 0 Å². The van der Waals surface area contributed by atoms with Crippen molar-refractivity contribution in [2.45, 2.75) is 18.4 Å². The van der Waals surface area contributed by atoms with E-state index in [9.17, 15) is 9.90 Å². The lowest BCUT2D eigenvalue weighted by Crippen LogP contribution is -2.47. The van der Waals surface area contributed by atoms with E-state index in [4.69, 9.17) is 21.4 Å². The number of hydrogen-bond acceptors (Lipinski definition) is 5. The van der Waals surface area contributed by atoms with Crippen molar-refractivity contribution in [3.63, 3.8) is 0 Å². The maximum atomic E-state index is 11.2. The van der Waals surface area contributed by atoms with E-state index in [-0.39, 0.29) is 23.1 Å². The number of ether oxygens (including phenoxy) is 1. The average molecular weight is 287 g/mol. The molecule has 0 bridgehead atoms. The number of carboxylic acid groups (broad SMARTS) is 1. The summed E-state index contributed by atoms with van der Waals surface area (Å²) >= 11 is 5.80. The number of aromatic nitrogens is 1. The molecule has 2 heterocycles. The second kappa shape index (κ2) is 5.73. The van der Waals surface area contributed by atoms with E-state index >= 15 is 0 Å². The topological polar surface area (TPSA) is 91.7 Å². The number of aliphatic hydroxyl groups excluding tert-OH is 1.